The van der Waals surface area contributed by atoms with Crippen molar-refractivity contribution in [3.05, 3.63) is 36.5 Å². The molecule has 0 radical (unpaired) electrons. The van der Waals surface area contributed by atoms with Gasteiger partial charge in [-0.2, -0.15) is 0 Å². The summed E-state index contributed by atoms with van der Waals surface area (Å²) in [4.78, 5) is 19.5. The minimum absolute atomic E-state index is 0.0805. The lowest BCUT2D eigenvalue weighted by Crippen LogP contribution is -2.36. The number of amides is 2. The summed E-state index contributed by atoms with van der Waals surface area (Å²) >= 11 is 1.49. The molecule has 5 nitrogen and oxygen atoms in total. The molecule has 1 atom stereocenters. The summed E-state index contributed by atoms with van der Waals surface area (Å²) < 4.78 is 0. The van der Waals surface area contributed by atoms with Crippen molar-refractivity contribution >= 4 is 22.5 Å². The number of carbonyl (C=O) groups excluding carboxylic acids is 1. The number of urea groups is 1. The van der Waals surface area contributed by atoms with Crippen molar-refractivity contribution in [2.45, 2.75) is 25.3 Å². The van der Waals surface area contributed by atoms with E-state index in [2.05, 4.69) is 10.3 Å². The molecular weight excluding hydrogens is 296 g/mol. The van der Waals surface area contributed by atoms with Crippen LogP contribution >= 0.6 is 11.3 Å². The summed E-state index contributed by atoms with van der Waals surface area (Å²) in [5, 5.41) is 3.53. The van der Waals surface area contributed by atoms with Gasteiger partial charge in [-0.05, 0) is 24.8 Å². The molecule has 1 aliphatic rings. The van der Waals surface area contributed by atoms with E-state index in [9.17, 15) is 4.79 Å². The van der Waals surface area contributed by atoms with Gasteiger partial charge in [-0.15, -0.1) is 0 Å². The van der Waals surface area contributed by atoms with Gasteiger partial charge in [0.1, 0.15) is 0 Å². The van der Waals surface area contributed by atoms with Crippen LogP contribution in [0.25, 0.3) is 10.4 Å². The van der Waals surface area contributed by atoms with E-state index in [-0.39, 0.29) is 12.1 Å². The number of likely N-dealkylation sites (tertiary alicyclic amines) is 1. The van der Waals surface area contributed by atoms with Crippen LogP contribution in [0.4, 0.5) is 9.93 Å². The van der Waals surface area contributed by atoms with Crippen molar-refractivity contribution < 1.29 is 4.79 Å². The fourth-order valence-corrected chi connectivity index (χ4v) is 3.37. The van der Waals surface area contributed by atoms with Crippen molar-refractivity contribution in [1.29, 1.82) is 0 Å². The molecule has 0 aliphatic carbocycles. The second-order valence-corrected chi connectivity index (χ2v) is 6.53. The summed E-state index contributed by atoms with van der Waals surface area (Å²) in [7, 11) is 0. The molecule has 3 N–H and O–H groups in total. The van der Waals surface area contributed by atoms with E-state index in [0.717, 1.165) is 36.2 Å². The molecule has 1 aliphatic heterocycles. The number of benzene rings is 1. The van der Waals surface area contributed by atoms with Crippen LogP contribution in [0.5, 0.6) is 0 Å². The quantitative estimate of drug-likeness (QED) is 0.894. The molecular formula is C16H20N4OS. The Bertz CT molecular complexity index is 628. The average Bonchev–Trinajstić information content (AvgIpc) is 2.88. The molecule has 0 bridgehead atoms. The summed E-state index contributed by atoms with van der Waals surface area (Å²) in [5.41, 5.74) is 7.06. The molecule has 1 aromatic carbocycles. The highest BCUT2D eigenvalue weighted by atomic mass is 32.1. The van der Waals surface area contributed by atoms with Gasteiger partial charge in [0.05, 0.1) is 4.88 Å². The van der Waals surface area contributed by atoms with Crippen LogP contribution in [-0.2, 0) is 0 Å². The van der Waals surface area contributed by atoms with Gasteiger partial charge in [-0.3, -0.25) is 5.32 Å². The van der Waals surface area contributed by atoms with E-state index < -0.39 is 0 Å². The van der Waals surface area contributed by atoms with E-state index >= 15 is 0 Å². The minimum atomic E-state index is -0.0805. The third-order valence-electron chi connectivity index (χ3n) is 3.84. The maximum atomic E-state index is 12.3. The van der Waals surface area contributed by atoms with Crippen molar-refractivity contribution in [3.8, 4) is 10.4 Å². The number of hydrogen-bond acceptors (Lipinski definition) is 4. The standard InChI is InChI=1S/C16H20N4OS/c17-13-7-4-9-20(10-8-13)16(21)19-15-18-11-14(22-15)12-5-2-1-3-6-12/h1-3,5-6,11,13H,4,7-10,17H2,(H,18,19,21). The Hall–Kier alpha value is -1.92. The minimum Gasteiger partial charge on any atom is -0.328 e. The summed E-state index contributed by atoms with van der Waals surface area (Å²) in [6.45, 7) is 1.47. The second kappa shape index (κ2) is 6.89. The average molecular weight is 316 g/mol. The lowest BCUT2D eigenvalue weighted by atomic mass is 10.1. The van der Waals surface area contributed by atoms with Gasteiger partial charge in [-0.25, -0.2) is 9.78 Å². The third kappa shape index (κ3) is 3.64. The Morgan fingerprint density at radius 1 is 1.27 bits per heavy atom. The largest absolute Gasteiger partial charge is 0.328 e. The number of carbonyl (C=O) groups is 1. The fraction of sp³-hybridized carbons (Fsp3) is 0.375. The summed E-state index contributed by atoms with van der Waals surface area (Å²) in [6, 6.07) is 10.2. The molecule has 1 unspecified atom stereocenters. The zero-order valence-corrected chi connectivity index (χ0v) is 13.2. The van der Waals surface area contributed by atoms with Crippen LogP contribution in [0.3, 0.4) is 0 Å². The summed E-state index contributed by atoms with van der Waals surface area (Å²) in [5.74, 6) is 0. The number of aromatic nitrogens is 1. The molecule has 1 saturated heterocycles. The number of hydrogen-bond donors (Lipinski definition) is 2. The lowest BCUT2D eigenvalue weighted by molar-refractivity contribution is 0.213. The molecule has 3 rings (SSSR count). The maximum Gasteiger partial charge on any atom is 0.323 e. The Morgan fingerprint density at radius 3 is 2.91 bits per heavy atom. The predicted molar refractivity (Wildman–Crippen MR) is 90.0 cm³/mol. The van der Waals surface area contributed by atoms with Crippen LogP contribution in [0, 0.1) is 0 Å². The van der Waals surface area contributed by atoms with Gasteiger partial charge in [0.2, 0.25) is 0 Å². The number of nitrogens with two attached hydrogens (primary N) is 1. The number of nitrogens with one attached hydrogen (secondary N) is 1. The molecule has 116 valence electrons. The van der Waals surface area contributed by atoms with E-state index in [1.807, 2.05) is 35.2 Å². The van der Waals surface area contributed by atoms with Crippen molar-refractivity contribution in [1.82, 2.24) is 9.88 Å². The number of nitrogens with zero attached hydrogens (tertiary/aromatic N) is 2. The first-order valence-corrected chi connectivity index (χ1v) is 8.37. The first-order valence-electron chi connectivity index (χ1n) is 7.55. The van der Waals surface area contributed by atoms with Crippen LogP contribution < -0.4 is 11.1 Å². The van der Waals surface area contributed by atoms with Gasteiger partial charge in [0.15, 0.2) is 5.13 Å². The summed E-state index contributed by atoms with van der Waals surface area (Å²) in [6.07, 6.45) is 4.61. The molecule has 22 heavy (non-hydrogen) atoms. The van der Waals surface area contributed by atoms with Crippen LogP contribution in [0.2, 0.25) is 0 Å². The Morgan fingerprint density at radius 2 is 2.09 bits per heavy atom. The normalized spacial score (nSPS) is 18.8. The van der Waals surface area contributed by atoms with E-state index in [1.165, 1.54) is 11.3 Å². The van der Waals surface area contributed by atoms with Crippen LogP contribution in [0.1, 0.15) is 19.3 Å². The molecule has 0 spiro atoms. The highest BCUT2D eigenvalue weighted by Gasteiger charge is 2.19. The fourth-order valence-electron chi connectivity index (χ4n) is 2.56. The zero-order chi connectivity index (χ0) is 15.4. The highest BCUT2D eigenvalue weighted by Crippen LogP contribution is 2.28. The zero-order valence-electron chi connectivity index (χ0n) is 12.4. The van der Waals surface area contributed by atoms with Gasteiger partial charge in [-0.1, -0.05) is 41.7 Å². The van der Waals surface area contributed by atoms with E-state index in [1.54, 1.807) is 6.20 Å². The monoisotopic (exact) mass is 316 g/mol. The molecule has 1 aromatic heterocycles. The predicted octanol–water partition coefficient (Wildman–Crippen LogP) is 3.16. The molecule has 0 saturated carbocycles. The molecule has 2 heterocycles. The number of rotatable bonds is 2. The Balaban J connectivity index is 1.63. The van der Waals surface area contributed by atoms with Gasteiger partial charge < -0.3 is 10.6 Å². The van der Waals surface area contributed by atoms with E-state index in [0.29, 0.717) is 11.7 Å². The Labute approximate surface area is 134 Å². The van der Waals surface area contributed by atoms with Crippen LogP contribution in [0.15, 0.2) is 36.5 Å². The van der Waals surface area contributed by atoms with Crippen LogP contribution in [-0.4, -0.2) is 35.0 Å². The molecule has 2 aromatic rings. The molecule has 1 fully saturated rings. The Kier molecular flexibility index (Phi) is 4.70. The van der Waals surface area contributed by atoms with Gasteiger partial charge >= 0.3 is 6.03 Å². The maximum absolute atomic E-state index is 12.3. The highest BCUT2D eigenvalue weighted by molar-refractivity contribution is 7.19. The second-order valence-electron chi connectivity index (χ2n) is 5.50. The number of thiazole rings is 1. The number of anilines is 1. The van der Waals surface area contributed by atoms with Crippen molar-refractivity contribution in [3.63, 3.8) is 0 Å². The van der Waals surface area contributed by atoms with Crippen molar-refractivity contribution in [2.24, 2.45) is 5.73 Å². The van der Waals surface area contributed by atoms with Gasteiger partial charge in [0.25, 0.3) is 0 Å². The van der Waals surface area contributed by atoms with Gasteiger partial charge in [0, 0.05) is 25.3 Å². The topological polar surface area (TPSA) is 71.2 Å². The SMILES string of the molecule is NC1CCCN(C(=O)Nc2ncc(-c3ccccc3)s2)CC1. The first kappa shape index (κ1) is 15.0. The molecule has 6 heteroatoms. The lowest BCUT2D eigenvalue weighted by Gasteiger charge is -2.19. The van der Waals surface area contributed by atoms with E-state index in [4.69, 9.17) is 5.73 Å². The first-order chi connectivity index (χ1) is 10.7. The smallest absolute Gasteiger partial charge is 0.323 e. The molecule has 2 amide bonds. The third-order valence-corrected chi connectivity index (χ3v) is 4.80. The van der Waals surface area contributed by atoms with Crippen molar-refractivity contribution in [2.75, 3.05) is 18.4 Å².